The Balaban J connectivity index is 1.56. The highest BCUT2D eigenvalue weighted by molar-refractivity contribution is 6.37. The smallest absolute Gasteiger partial charge is 0.427 e. The van der Waals surface area contributed by atoms with Crippen LogP contribution in [0, 0.1) is 29.1 Å². The molecule has 5 atom stereocenters. The molecule has 3 saturated carbocycles. The molecule has 1 heterocycles. The molecule has 1 saturated heterocycles. The molecule has 1 aliphatic heterocycles. The van der Waals surface area contributed by atoms with Crippen molar-refractivity contribution in [3.8, 4) is 0 Å². The van der Waals surface area contributed by atoms with Crippen LogP contribution in [0.1, 0.15) is 79.1 Å². The molecule has 10 nitrogen and oxygen atoms in total. The number of ether oxygens (including phenoxy) is 1. The summed E-state index contributed by atoms with van der Waals surface area (Å²) in [4.78, 5) is 66.0. The lowest BCUT2D eigenvalue weighted by Crippen LogP contribution is -2.60. The Labute approximate surface area is 237 Å². The number of fused-ring (bicyclic) bond motifs is 1. The van der Waals surface area contributed by atoms with Gasteiger partial charge in [0.25, 0.3) is 5.91 Å². The van der Waals surface area contributed by atoms with E-state index in [-0.39, 0.29) is 42.1 Å². The van der Waals surface area contributed by atoms with Gasteiger partial charge in [0.05, 0.1) is 6.04 Å². The first kappa shape index (κ1) is 31.1. The monoisotopic (exact) mass is 586 g/mol. The number of Topliss-reactive ketones (excluding diaryl/α,β-unsaturated/α-hetero) is 1. The minimum absolute atomic E-state index is 0.0148. The van der Waals surface area contributed by atoms with E-state index in [2.05, 4.69) is 10.6 Å². The van der Waals surface area contributed by atoms with Gasteiger partial charge in [-0.25, -0.2) is 4.79 Å². The van der Waals surface area contributed by atoms with Gasteiger partial charge < -0.3 is 26.0 Å². The molecular formula is C28H41F3N4O6. The van der Waals surface area contributed by atoms with E-state index in [1.807, 2.05) is 13.8 Å². The van der Waals surface area contributed by atoms with Crippen molar-refractivity contribution in [2.24, 2.45) is 34.8 Å². The molecule has 0 aromatic carbocycles. The summed E-state index contributed by atoms with van der Waals surface area (Å²) < 4.78 is 44.8. The molecule has 4 N–H and O–H groups in total. The number of primary amides is 1. The zero-order valence-corrected chi connectivity index (χ0v) is 24.0. The Bertz CT molecular complexity index is 1080. The highest BCUT2D eigenvalue weighted by Crippen LogP contribution is 2.65. The topological polar surface area (TPSA) is 148 Å². The number of nitrogens with two attached hydrogens (primary N) is 1. The molecule has 4 fully saturated rings. The molecule has 41 heavy (non-hydrogen) atoms. The summed E-state index contributed by atoms with van der Waals surface area (Å²) in [7, 11) is 0. The number of rotatable bonds is 10. The minimum Gasteiger partial charge on any atom is -0.434 e. The van der Waals surface area contributed by atoms with Crippen LogP contribution in [0.2, 0.25) is 0 Å². The van der Waals surface area contributed by atoms with Crippen LogP contribution in [-0.4, -0.2) is 70.9 Å². The number of carbonyl (C=O) groups excluding carboxylic acids is 5. The van der Waals surface area contributed by atoms with Crippen LogP contribution >= 0.6 is 0 Å². The number of hydrogen-bond acceptors (Lipinski definition) is 6. The van der Waals surface area contributed by atoms with Crippen molar-refractivity contribution in [1.29, 1.82) is 0 Å². The summed E-state index contributed by atoms with van der Waals surface area (Å²) in [5, 5.41) is 5.09. The molecule has 0 aromatic rings. The lowest BCUT2D eigenvalue weighted by molar-refractivity contribution is -0.244. The highest BCUT2D eigenvalue weighted by Gasteiger charge is 2.70. The average molecular weight is 587 g/mol. The van der Waals surface area contributed by atoms with Crippen molar-refractivity contribution in [2.75, 3.05) is 6.54 Å². The summed E-state index contributed by atoms with van der Waals surface area (Å²) in [6, 6.07) is -3.25. The molecule has 230 valence electrons. The minimum atomic E-state index is -4.82. The highest BCUT2D eigenvalue weighted by atomic mass is 19.4. The van der Waals surface area contributed by atoms with Gasteiger partial charge in [0.2, 0.25) is 23.2 Å². The molecule has 4 rings (SSSR count). The van der Waals surface area contributed by atoms with Crippen LogP contribution in [0.3, 0.4) is 0 Å². The van der Waals surface area contributed by atoms with Gasteiger partial charge in [-0.1, -0.05) is 46.0 Å². The van der Waals surface area contributed by atoms with Crippen molar-refractivity contribution >= 4 is 29.6 Å². The van der Waals surface area contributed by atoms with Gasteiger partial charge in [0.1, 0.15) is 12.1 Å². The molecule has 0 radical (unpaired) electrons. The zero-order chi connectivity index (χ0) is 30.5. The number of alkyl halides is 3. The normalized spacial score (nSPS) is 27.3. The second-order valence-electron chi connectivity index (χ2n) is 13.3. The van der Waals surface area contributed by atoms with E-state index in [4.69, 9.17) is 10.5 Å². The van der Waals surface area contributed by atoms with E-state index >= 15 is 0 Å². The first-order chi connectivity index (χ1) is 19.0. The van der Waals surface area contributed by atoms with Crippen LogP contribution in [0.15, 0.2) is 0 Å². The van der Waals surface area contributed by atoms with Gasteiger partial charge in [-0.05, 0) is 62.2 Å². The molecule has 0 bridgehead atoms. The molecule has 0 spiro atoms. The second-order valence-corrected chi connectivity index (χ2v) is 13.3. The molecule has 4 aliphatic rings. The third-order valence-corrected chi connectivity index (χ3v) is 9.59. The van der Waals surface area contributed by atoms with Crippen LogP contribution < -0.4 is 16.4 Å². The fourth-order valence-corrected chi connectivity index (χ4v) is 6.63. The summed E-state index contributed by atoms with van der Waals surface area (Å²) >= 11 is 0. The fraction of sp³-hybridized carbons (Fsp3) is 0.821. The Kier molecular flexibility index (Phi) is 8.41. The van der Waals surface area contributed by atoms with E-state index in [1.165, 1.54) is 4.90 Å². The zero-order valence-electron chi connectivity index (χ0n) is 24.0. The Morgan fingerprint density at radius 2 is 1.61 bits per heavy atom. The molecule has 3 aliphatic carbocycles. The first-order valence-electron chi connectivity index (χ1n) is 14.5. The van der Waals surface area contributed by atoms with Crippen molar-refractivity contribution in [1.82, 2.24) is 15.5 Å². The molecular weight excluding hydrogens is 545 g/mol. The molecule has 13 heteroatoms. The number of carbonyl (C=O) groups is 5. The maximum Gasteiger partial charge on any atom is 0.427 e. The predicted octanol–water partition coefficient (Wildman–Crippen LogP) is 2.82. The number of hydrogen-bond donors (Lipinski definition) is 3. The number of nitrogens with one attached hydrogen (secondary N) is 2. The van der Waals surface area contributed by atoms with E-state index in [9.17, 15) is 37.1 Å². The summed E-state index contributed by atoms with van der Waals surface area (Å²) in [6.07, 6.45) is -0.472. The van der Waals surface area contributed by atoms with E-state index in [0.29, 0.717) is 12.8 Å². The first-order valence-corrected chi connectivity index (χ1v) is 14.5. The van der Waals surface area contributed by atoms with Crippen molar-refractivity contribution < 1.29 is 41.9 Å². The number of amides is 4. The third kappa shape index (κ3) is 6.48. The second kappa shape index (κ2) is 11.1. The van der Waals surface area contributed by atoms with Crippen LogP contribution in [0.4, 0.5) is 18.0 Å². The number of alkyl carbamates (subject to hydrolysis) is 1. The maximum absolute atomic E-state index is 14.1. The lowest BCUT2D eigenvalue weighted by atomic mass is 9.83. The standard InChI is InChI=1S/C28H41F3N4O6/c1-26(2)16-13-35(20(18(16)26)23(38)33-17(12-14-10-11-14)21(36)22(32)37)24(39)19(15-8-6-5-7-9-15)34-25(40)41-27(3,4)28(29,30)31/h14-20H,5-13H2,1-4H3,(H2,32,37)(H,33,38)(H,34,40)/t16-,17-,18-,19-,20-/m0/s1. The molecule has 0 unspecified atom stereocenters. The molecule has 4 amide bonds. The van der Waals surface area contributed by atoms with Crippen molar-refractivity contribution in [3.63, 3.8) is 0 Å². The van der Waals surface area contributed by atoms with Crippen molar-refractivity contribution in [3.05, 3.63) is 0 Å². The van der Waals surface area contributed by atoms with E-state index in [1.54, 1.807) is 0 Å². The lowest BCUT2D eigenvalue weighted by Gasteiger charge is -2.37. The quantitative estimate of drug-likeness (QED) is 0.336. The van der Waals surface area contributed by atoms with Crippen LogP contribution in [0.25, 0.3) is 0 Å². The largest absolute Gasteiger partial charge is 0.434 e. The van der Waals surface area contributed by atoms with Gasteiger partial charge in [-0.3, -0.25) is 19.2 Å². The Morgan fingerprint density at radius 1 is 1.00 bits per heavy atom. The number of nitrogens with zero attached hydrogens (tertiary/aromatic N) is 1. The van der Waals surface area contributed by atoms with Gasteiger partial charge in [-0.15, -0.1) is 0 Å². The number of ketones is 1. The summed E-state index contributed by atoms with van der Waals surface area (Å²) in [5.74, 6) is -3.58. The predicted molar refractivity (Wildman–Crippen MR) is 140 cm³/mol. The Hall–Kier alpha value is -2.86. The maximum atomic E-state index is 14.1. The molecule has 0 aromatic heterocycles. The summed E-state index contributed by atoms with van der Waals surface area (Å²) in [6.45, 7) is 5.64. The van der Waals surface area contributed by atoms with Gasteiger partial charge in [0.15, 0.2) is 0 Å². The van der Waals surface area contributed by atoms with E-state index in [0.717, 1.165) is 46.0 Å². The number of halogens is 3. The van der Waals surface area contributed by atoms with Crippen molar-refractivity contribution in [2.45, 2.75) is 109 Å². The van der Waals surface area contributed by atoms with Crippen LogP contribution in [0.5, 0.6) is 0 Å². The van der Waals surface area contributed by atoms with Crippen LogP contribution in [-0.2, 0) is 23.9 Å². The Morgan fingerprint density at radius 3 is 2.15 bits per heavy atom. The van der Waals surface area contributed by atoms with E-state index < -0.39 is 59.5 Å². The van der Waals surface area contributed by atoms with Gasteiger partial charge >= 0.3 is 12.3 Å². The fourth-order valence-electron chi connectivity index (χ4n) is 6.63. The number of likely N-dealkylation sites (tertiary alicyclic amines) is 1. The number of piperidine rings is 1. The van der Waals surface area contributed by atoms with Gasteiger partial charge in [0, 0.05) is 6.54 Å². The SMILES string of the molecule is CC1(C)[C@@H]2[C@@H](C(=O)N[C@@H](CC3CC3)C(=O)C(N)=O)N(C(=O)[C@@H](NC(=O)OC(C)(C)C(F)(F)F)C3CCCCC3)C[C@@H]21. The summed E-state index contributed by atoms with van der Waals surface area (Å²) in [5.41, 5.74) is 2.19. The third-order valence-electron chi connectivity index (χ3n) is 9.59. The van der Waals surface area contributed by atoms with Gasteiger partial charge in [-0.2, -0.15) is 13.2 Å². The average Bonchev–Trinajstić information content (AvgIpc) is 3.73.